The Morgan fingerprint density at radius 3 is 2.68 bits per heavy atom. The van der Waals surface area contributed by atoms with E-state index in [4.69, 9.17) is 0 Å². The molecule has 5 heteroatoms. The fourth-order valence-corrected chi connectivity index (χ4v) is 3.38. The molecule has 0 saturated carbocycles. The van der Waals surface area contributed by atoms with Gasteiger partial charge in [0.25, 0.3) is 5.91 Å². The first-order valence-electron chi connectivity index (χ1n) is 8.97. The molecular formula is C20H26N4O. The highest BCUT2D eigenvalue weighted by Gasteiger charge is 2.27. The van der Waals surface area contributed by atoms with Crippen molar-refractivity contribution in [3.63, 3.8) is 0 Å². The van der Waals surface area contributed by atoms with Crippen molar-refractivity contribution in [1.29, 1.82) is 0 Å². The van der Waals surface area contributed by atoms with Crippen molar-refractivity contribution >= 4 is 5.91 Å². The van der Waals surface area contributed by atoms with Gasteiger partial charge in [0.15, 0.2) is 0 Å². The first-order chi connectivity index (χ1) is 12.1. The molecule has 0 radical (unpaired) electrons. The highest BCUT2D eigenvalue weighted by atomic mass is 16.2. The van der Waals surface area contributed by atoms with E-state index in [1.807, 2.05) is 49.1 Å². The maximum Gasteiger partial charge on any atom is 0.272 e. The second kappa shape index (κ2) is 7.74. The molecule has 3 rings (SSSR count). The van der Waals surface area contributed by atoms with Crippen molar-refractivity contribution in [1.82, 2.24) is 19.8 Å². The Morgan fingerprint density at radius 1 is 1.28 bits per heavy atom. The Bertz CT molecular complexity index is 732. The molecule has 2 aromatic rings. The number of hydrogen-bond acceptors (Lipinski definition) is 4. The monoisotopic (exact) mass is 338 g/mol. The lowest BCUT2D eigenvalue weighted by molar-refractivity contribution is 0.0745. The van der Waals surface area contributed by atoms with Crippen molar-refractivity contribution in [3.05, 3.63) is 59.2 Å². The van der Waals surface area contributed by atoms with Crippen LogP contribution in [0.15, 0.2) is 36.4 Å². The number of rotatable bonds is 5. The minimum absolute atomic E-state index is 0.0289. The maximum atomic E-state index is 13.0. The van der Waals surface area contributed by atoms with Gasteiger partial charge in [-0.2, -0.15) is 0 Å². The lowest BCUT2D eigenvalue weighted by atomic mass is 10.1. The summed E-state index contributed by atoms with van der Waals surface area (Å²) < 4.78 is 0. The summed E-state index contributed by atoms with van der Waals surface area (Å²) in [5.74, 6) is 0.748. The lowest BCUT2D eigenvalue weighted by Gasteiger charge is -2.22. The molecule has 1 fully saturated rings. The van der Waals surface area contributed by atoms with E-state index in [2.05, 4.69) is 21.9 Å². The summed E-state index contributed by atoms with van der Waals surface area (Å²) in [6.45, 7) is 6.23. The molecule has 1 aromatic heterocycles. The highest BCUT2D eigenvalue weighted by Crippen LogP contribution is 2.28. The standard InChI is InChI=1S/C20H26N4O/c1-4-24(14-16-9-6-5-7-10-16)20(25)17-13-15(2)21-19(22-17)18-11-8-12-23(18)3/h5-7,9-10,13,18H,4,8,11-12,14H2,1-3H3/t18-/m1/s1. The van der Waals surface area contributed by atoms with Crippen LogP contribution < -0.4 is 0 Å². The minimum Gasteiger partial charge on any atom is -0.333 e. The average molecular weight is 338 g/mol. The van der Waals surface area contributed by atoms with E-state index in [1.165, 1.54) is 0 Å². The maximum absolute atomic E-state index is 13.0. The second-order valence-electron chi connectivity index (χ2n) is 6.70. The van der Waals surface area contributed by atoms with Gasteiger partial charge in [-0.25, -0.2) is 9.97 Å². The molecule has 1 aliphatic rings. The Hall–Kier alpha value is -2.27. The quantitative estimate of drug-likeness (QED) is 0.840. The van der Waals surface area contributed by atoms with Gasteiger partial charge in [0.05, 0.1) is 6.04 Å². The van der Waals surface area contributed by atoms with E-state index in [9.17, 15) is 4.79 Å². The molecule has 0 N–H and O–H groups in total. The zero-order chi connectivity index (χ0) is 17.8. The van der Waals surface area contributed by atoms with E-state index >= 15 is 0 Å². The van der Waals surface area contributed by atoms with Crippen LogP contribution in [0.4, 0.5) is 0 Å². The largest absolute Gasteiger partial charge is 0.333 e. The summed E-state index contributed by atoms with van der Waals surface area (Å²) >= 11 is 0. The van der Waals surface area contributed by atoms with E-state index in [0.717, 1.165) is 36.5 Å². The first-order valence-corrected chi connectivity index (χ1v) is 8.97. The molecule has 0 unspecified atom stereocenters. The highest BCUT2D eigenvalue weighted by molar-refractivity contribution is 5.92. The van der Waals surface area contributed by atoms with Gasteiger partial charge in [-0.15, -0.1) is 0 Å². The summed E-state index contributed by atoms with van der Waals surface area (Å²) in [7, 11) is 2.10. The van der Waals surface area contributed by atoms with E-state index in [1.54, 1.807) is 6.07 Å². The first kappa shape index (κ1) is 17.5. The topological polar surface area (TPSA) is 49.3 Å². The molecule has 1 saturated heterocycles. The number of amides is 1. The SMILES string of the molecule is CCN(Cc1ccccc1)C(=O)c1cc(C)nc([C@H]2CCCN2C)n1. The third kappa shape index (κ3) is 4.04. The molecule has 1 atom stereocenters. The number of hydrogen-bond donors (Lipinski definition) is 0. The van der Waals surface area contributed by atoms with Crippen LogP contribution in [0.1, 0.15) is 53.4 Å². The predicted molar refractivity (Wildman–Crippen MR) is 98.2 cm³/mol. The molecule has 1 aromatic carbocycles. The van der Waals surface area contributed by atoms with Crippen LogP contribution in [-0.4, -0.2) is 45.8 Å². The molecule has 1 amide bonds. The fourth-order valence-electron chi connectivity index (χ4n) is 3.38. The molecule has 0 bridgehead atoms. The van der Waals surface area contributed by atoms with Gasteiger partial charge >= 0.3 is 0 Å². The Balaban J connectivity index is 1.84. The molecule has 5 nitrogen and oxygen atoms in total. The summed E-state index contributed by atoms with van der Waals surface area (Å²) in [4.78, 5) is 26.3. The number of aryl methyl sites for hydroxylation is 1. The molecule has 0 spiro atoms. The molecule has 132 valence electrons. The summed E-state index contributed by atoms with van der Waals surface area (Å²) in [6.07, 6.45) is 2.20. The van der Waals surface area contributed by atoms with E-state index in [-0.39, 0.29) is 11.9 Å². The normalized spacial score (nSPS) is 17.6. The molecule has 0 aliphatic carbocycles. The predicted octanol–water partition coefficient (Wildman–Crippen LogP) is 3.21. The number of carbonyl (C=O) groups excluding carboxylic acids is 1. The van der Waals surface area contributed by atoms with Gasteiger partial charge < -0.3 is 4.90 Å². The Kier molecular flexibility index (Phi) is 5.43. The van der Waals surface area contributed by atoms with Gasteiger partial charge in [0.1, 0.15) is 11.5 Å². The van der Waals surface area contributed by atoms with Crippen molar-refractivity contribution < 1.29 is 4.79 Å². The van der Waals surface area contributed by atoms with E-state index in [0.29, 0.717) is 18.8 Å². The average Bonchev–Trinajstić information content (AvgIpc) is 3.05. The Morgan fingerprint density at radius 2 is 2.04 bits per heavy atom. The molecule has 25 heavy (non-hydrogen) atoms. The minimum atomic E-state index is -0.0289. The zero-order valence-corrected chi connectivity index (χ0v) is 15.3. The summed E-state index contributed by atoms with van der Waals surface area (Å²) in [6, 6.07) is 12.1. The van der Waals surface area contributed by atoms with Crippen molar-refractivity contribution in [2.24, 2.45) is 0 Å². The summed E-state index contributed by atoms with van der Waals surface area (Å²) in [5.41, 5.74) is 2.48. The second-order valence-corrected chi connectivity index (χ2v) is 6.70. The fraction of sp³-hybridized carbons (Fsp3) is 0.450. The van der Waals surface area contributed by atoms with Gasteiger partial charge in [0, 0.05) is 18.8 Å². The van der Waals surface area contributed by atoms with Crippen LogP contribution in [0.2, 0.25) is 0 Å². The smallest absolute Gasteiger partial charge is 0.272 e. The van der Waals surface area contributed by atoms with Gasteiger partial charge in [-0.1, -0.05) is 30.3 Å². The van der Waals surface area contributed by atoms with Crippen molar-refractivity contribution in [3.8, 4) is 0 Å². The van der Waals surface area contributed by atoms with Crippen LogP contribution in [-0.2, 0) is 6.54 Å². The van der Waals surface area contributed by atoms with Gasteiger partial charge in [-0.05, 0) is 51.9 Å². The number of aromatic nitrogens is 2. The van der Waals surface area contributed by atoms with Crippen LogP contribution >= 0.6 is 0 Å². The number of likely N-dealkylation sites (tertiary alicyclic amines) is 1. The number of nitrogens with zero attached hydrogens (tertiary/aromatic N) is 4. The molecule has 1 aliphatic heterocycles. The van der Waals surface area contributed by atoms with Gasteiger partial charge in [0.2, 0.25) is 0 Å². The molecular weight excluding hydrogens is 312 g/mol. The van der Waals surface area contributed by atoms with Crippen LogP contribution in [0.5, 0.6) is 0 Å². The van der Waals surface area contributed by atoms with E-state index < -0.39 is 0 Å². The number of benzene rings is 1. The van der Waals surface area contributed by atoms with Crippen molar-refractivity contribution in [2.75, 3.05) is 20.1 Å². The summed E-state index contributed by atoms with van der Waals surface area (Å²) in [5, 5.41) is 0. The van der Waals surface area contributed by atoms with Crippen LogP contribution in [0, 0.1) is 6.92 Å². The van der Waals surface area contributed by atoms with Crippen molar-refractivity contribution in [2.45, 2.75) is 39.3 Å². The third-order valence-corrected chi connectivity index (χ3v) is 4.79. The lowest BCUT2D eigenvalue weighted by Crippen LogP contribution is -2.32. The third-order valence-electron chi connectivity index (χ3n) is 4.79. The zero-order valence-electron chi connectivity index (χ0n) is 15.3. The molecule has 2 heterocycles. The van der Waals surface area contributed by atoms with Crippen LogP contribution in [0.3, 0.4) is 0 Å². The van der Waals surface area contributed by atoms with Crippen LogP contribution in [0.25, 0.3) is 0 Å². The van der Waals surface area contributed by atoms with Gasteiger partial charge in [-0.3, -0.25) is 9.69 Å². The number of carbonyl (C=O) groups is 1. The Labute approximate surface area is 149 Å².